The average molecular weight is 293 g/mol. The van der Waals surface area contributed by atoms with Crippen molar-refractivity contribution in [3.8, 4) is 0 Å². The molecule has 0 spiro atoms. The number of nitrogens with one attached hydrogen (secondary N) is 1. The van der Waals surface area contributed by atoms with Crippen molar-refractivity contribution in [1.82, 2.24) is 9.88 Å². The molecule has 3 nitrogen and oxygen atoms in total. The van der Waals surface area contributed by atoms with Crippen molar-refractivity contribution in [3.63, 3.8) is 0 Å². The zero-order valence-electron chi connectivity index (χ0n) is 14.7. The van der Waals surface area contributed by atoms with Crippen LogP contribution in [0.1, 0.15) is 66.1 Å². The lowest BCUT2D eigenvalue weighted by Gasteiger charge is -2.28. The third kappa shape index (κ3) is 5.88. The molecule has 1 aromatic heterocycles. The zero-order chi connectivity index (χ0) is 16.3. The molecule has 1 aromatic rings. The van der Waals surface area contributed by atoms with Crippen LogP contribution >= 0.6 is 0 Å². The Morgan fingerprint density at radius 2 is 1.86 bits per heavy atom. The van der Waals surface area contributed by atoms with E-state index < -0.39 is 0 Å². The third-order valence-corrected chi connectivity index (χ3v) is 3.51. The first-order valence-electron chi connectivity index (χ1n) is 8.25. The fraction of sp³-hybridized carbons (Fsp3) is 0.611. The molecule has 0 aliphatic carbocycles. The van der Waals surface area contributed by atoms with Gasteiger partial charge in [-0.15, -0.1) is 0 Å². The van der Waals surface area contributed by atoms with Crippen LogP contribution in [0, 0.1) is 0 Å². The van der Waals surface area contributed by atoms with Crippen LogP contribution in [-0.2, 0) is 0 Å². The number of piperidine rings is 1. The molecule has 2 heterocycles. The van der Waals surface area contributed by atoms with E-state index in [2.05, 4.69) is 40.8 Å². The van der Waals surface area contributed by atoms with E-state index in [0.717, 1.165) is 11.4 Å². The molecule has 21 heavy (non-hydrogen) atoms. The highest BCUT2D eigenvalue weighted by atomic mass is 15.1. The highest BCUT2D eigenvalue weighted by Gasteiger charge is 2.20. The van der Waals surface area contributed by atoms with Crippen molar-refractivity contribution in [2.45, 2.75) is 53.4 Å². The molecule has 0 atom stereocenters. The summed E-state index contributed by atoms with van der Waals surface area (Å²) in [6.45, 7) is 16.0. The Kier molecular flexibility index (Phi) is 10.6. The molecule has 1 aliphatic heterocycles. The third-order valence-electron chi connectivity index (χ3n) is 3.51. The van der Waals surface area contributed by atoms with E-state index >= 15 is 0 Å². The molecule has 3 heteroatoms. The van der Waals surface area contributed by atoms with E-state index in [1.165, 1.54) is 31.6 Å². The van der Waals surface area contributed by atoms with E-state index in [-0.39, 0.29) is 1.43 Å². The molecule has 1 aliphatic rings. The van der Waals surface area contributed by atoms with E-state index in [4.69, 9.17) is 0 Å². The van der Waals surface area contributed by atoms with Crippen LogP contribution in [0.2, 0.25) is 0 Å². The number of aromatic nitrogens is 1. The number of hydrogen-bond acceptors (Lipinski definition) is 2. The van der Waals surface area contributed by atoms with Gasteiger partial charge in [-0.05, 0) is 52.7 Å². The summed E-state index contributed by atoms with van der Waals surface area (Å²) >= 11 is 0. The van der Waals surface area contributed by atoms with Crippen LogP contribution in [0.4, 0.5) is 5.82 Å². The van der Waals surface area contributed by atoms with Crippen LogP contribution < -0.4 is 0 Å². The molecule has 1 fully saturated rings. The molecular formula is C18H35N3. The highest BCUT2D eigenvalue weighted by Crippen LogP contribution is 2.31. The van der Waals surface area contributed by atoms with Crippen molar-refractivity contribution in [3.05, 3.63) is 23.4 Å². The van der Waals surface area contributed by atoms with Gasteiger partial charge in [-0.2, -0.15) is 0 Å². The normalized spacial score (nSPS) is 15.9. The Morgan fingerprint density at radius 1 is 1.29 bits per heavy atom. The van der Waals surface area contributed by atoms with E-state index in [1.54, 1.807) is 0 Å². The number of aromatic amines is 1. The number of hydrogen-bond donors (Lipinski definition) is 1. The summed E-state index contributed by atoms with van der Waals surface area (Å²) in [5.74, 6) is 1.54. The molecule has 1 N–H and O–H groups in total. The quantitative estimate of drug-likeness (QED) is 0.734. The summed E-state index contributed by atoms with van der Waals surface area (Å²) in [7, 11) is 2.19. The molecular weight excluding hydrogens is 258 g/mol. The molecule has 2 rings (SSSR count). The van der Waals surface area contributed by atoms with Gasteiger partial charge in [0.2, 0.25) is 0 Å². The van der Waals surface area contributed by atoms with Crippen LogP contribution in [0.15, 0.2) is 17.1 Å². The fourth-order valence-electron chi connectivity index (χ4n) is 2.46. The second-order valence-corrected chi connectivity index (χ2v) is 4.76. The smallest absolute Gasteiger partial charge is 0.136 e. The first kappa shape index (κ1) is 19.7. The van der Waals surface area contributed by atoms with Crippen molar-refractivity contribution >= 4 is 18.6 Å². The number of H-pyrrole nitrogens is 1. The predicted molar refractivity (Wildman–Crippen MR) is 99.0 cm³/mol. The monoisotopic (exact) mass is 293 g/mol. The maximum absolute atomic E-state index is 4.05. The zero-order valence-corrected chi connectivity index (χ0v) is 14.7. The Hall–Kier alpha value is -1.35. The molecule has 0 amide bonds. The first-order chi connectivity index (χ1) is 10.2. The van der Waals surface area contributed by atoms with Gasteiger partial charge in [0.05, 0.1) is 0 Å². The van der Waals surface area contributed by atoms with Crippen LogP contribution in [-0.4, -0.2) is 36.7 Å². The number of rotatable bonds is 3. The second-order valence-electron chi connectivity index (χ2n) is 4.76. The summed E-state index contributed by atoms with van der Waals surface area (Å²) in [6, 6.07) is 2.22. The first-order valence-corrected chi connectivity index (χ1v) is 8.25. The topological polar surface area (TPSA) is 31.4 Å². The molecule has 122 valence electrons. The molecule has 0 unspecified atom stereocenters. The lowest BCUT2D eigenvalue weighted by Crippen LogP contribution is -2.29. The second kappa shape index (κ2) is 11.3. The maximum Gasteiger partial charge on any atom is 0.136 e. The predicted octanol–water partition coefficient (Wildman–Crippen LogP) is 5.49. The number of aliphatic imine (C=N–C) groups is 1. The number of allylic oxidation sites excluding steroid dienone is 1. The van der Waals surface area contributed by atoms with Crippen molar-refractivity contribution in [2.24, 2.45) is 4.99 Å². The fourth-order valence-corrected chi connectivity index (χ4v) is 2.46. The molecule has 1 saturated heterocycles. The van der Waals surface area contributed by atoms with Gasteiger partial charge >= 0.3 is 0 Å². The Morgan fingerprint density at radius 3 is 2.33 bits per heavy atom. The van der Waals surface area contributed by atoms with Crippen LogP contribution in [0.25, 0.3) is 6.08 Å². The highest BCUT2D eigenvalue weighted by molar-refractivity contribution is 5.64. The SMILES string of the molecule is C=Nc1[nH]c(C2CCN(C)CC2)cc1/C=C\C.CC.CC.[HH]. The number of likely N-dealkylation sites (tertiary alicyclic amines) is 1. The minimum Gasteiger partial charge on any atom is -0.343 e. The lowest BCUT2D eigenvalue weighted by atomic mass is 9.94. The Bertz CT molecular complexity index is 416. The van der Waals surface area contributed by atoms with E-state index in [9.17, 15) is 0 Å². The molecule has 0 aromatic carbocycles. The molecule has 0 bridgehead atoms. The van der Waals surface area contributed by atoms with Gasteiger partial charge in [0.15, 0.2) is 0 Å². The van der Waals surface area contributed by atoms with Crippen molar-refractivity contribution in [2.75, 3.05) is 20.1 Å². The lowest BCUT2D eigenvalue weighted by molar-refractivity contribution is 0.253. The van der Waals surface area contributed by atoms with Crippen molar-refractivity contribution < 1.29 is 1.43 Å². The summed E-state index contributed by atoms with van der Waals surface area (Å²) in [5, 5.41) is 0. The van der Waals surface area contributed by atoms with Gasteiger partial charge in [0, 0.05) is 18.6 Å². The van der Waals surface area contributed by atoms with Gasteiger partial charge in [-0.25, -0.2) is 4.99 Å². The van der Waals surface area contributed by atoms with Crippen LogP contribution in [0.3, 0.4) is 0 Å². The Labute approximate surface area is 132 Å². The van der Waals surface area contributed by atoms with Gasteiger partial charge in [-0.1, -0.05) is 39.8 Å². The maximum atomic E-state index is 4.05. The Balaban J connectivity index is 0. The van der Waals surface area contributed by atoms with E-state index in [0.29, 0.717) is 5.92 Å². The van der Waals surface area contributed by atoms with Gasteiger partial charge < -0.3 is 9.88 Å². The average Bonchev–Trinajstić information content (AvgIpc) is 2.95. The van der Waals surface area contributed by atoms with E-state index in [1.807, 2.05) is 40.7 Å². The summed E-state index contributed by atoms with van der Waals surface area (Å²) < 4.78 is 0. The summed E-state index contributed by atoms with van der Waals surface area (Å²) in [5.41, 5.74) is 2.46. The van der Waals surface area contributed by atoms with Crippen LogP contribution in [0.5, 0.6) is 0 Å². The standard InChI is InChI=1S/C14H21N3.2C2H6.H2/c1-4-5-12-10-13(16-14(12)15-2)11-6-8-17(3)9-7-11;2*1-2;/h4-5,10-11,16H,2,6-9H2,1,3H3;2*1-2H3;1H/b5-4-;;;. The minimum atomic E-state index is 0. The van der Waals surface area contributed by atoms with Gasteiger partial charge in [0.25, 0.3) is 0 Å². The number of nitrogens with zero attached hydrogens (tertiary/aromatic N) is 2. The molecule has 0 saturated carbocycles. The largest absolute Gasteiger partial charge is 0.343 e. The molecule has 0 radical (unpaired) electrons. The summed E-state index contributed by atoms with van der Waals surface area (Å²) in [6.07, 6.45) is 6.57. The summed E-state index contributed by atoms with van der Waals surface area (Å²) in [4.78, 5) is 9.84. The minimum absolute atomic E-state index is 0. The van der Waals surface area contributed by atoms with Gasteiger partial charge in [-0.3, -0.25) is 0 Å². The van der Waals surface area contributed by atoms with Crippen molar-refractivity contribution in [1.29, 1.82) is 0 Å². The van der Waals surface area contributed by atoms with Gasteiger partial charge in [0.1, 0.15) is 5.82 Å².